The molecule has 0 bridgehead atoms. The van der Waals surface area contributed by atoms with E-state index in [2.05, 4.69) is 30.9 Å². The van der Waals surface area contributed by atoms with Crippen molar-refractivity contribution >= 4 is 11.8 Å². The highest BCUT2D eigenvalue weighted by Gasteiger charge is 2.27. The molecule has 2 heteroatoms. The molecular weight excluding hydrogens is 190 g/mol. The van der Waals surface area contributed by atoms with Gasteiger partial charge in [0.15, 0.2) is 0 Å². The van der Waals surface area contributed by atoms with Gasteiger partial charge in [-0.15, -0.1) is 0 Å². The maximum absolute atomic E-state index is 3.78. The van der Waals surface area contributed by atoms with E-state index in [4.69, 9.17) is 0 Å². The zero-order valence-corrected chi connectivity index (χ0v) is 10.3. The minimum Gasteiger partial charge on any atom is -0.313 e. The normalized spacial score (nSPS) is 43.3. The summed E-state index contributed by atoms with van der Waals surface area (Å²) in [6.45, 7) is 6.08. The molecule has 0 aromatic carbocycles. The Morgan fingerprint density at radius 1 is 1.14 bits per heavy atom. The number of rotatable bonds is 3. The van der Waals surface area contributed by atoms with E-state index in [0.717, 1.165) is 23.8 Å². The lowest BCUT2D eigenvalue weighted by Gasteiger charge is -2.21. The molecule has 2 fully saturated rings. The molecule has 1 saturated heterocycles. The Morgan fingerprint density at radius 3 is 2.57 bits per heavy atom. The van der Waals surface area contributed by atoms with Gasteiger partial charge in [0.25, 0.3) is 0 Å². The molecule has 0 aromatic heterocycles. The molecule has 0 spiro atoms. The van der Waals surface area contributed by atoms with E-state index in [1.54, 1.807) is 0 Å². The largest absolute Gasteiger partial charge is 0.313 e. The van der Waals surface area contributed by atoms with Gasteiger partial charge in [-0.25, -0.2) is 0 Å². The third kappa shape index (κ3) is 2.46. The predicted octanol–water partition coefficient (Wildman–Crippen LogP) is 2.76. The van der Waals surface area contributed by atoms with Crippen LogP contribution in [0.2, 0.25) is 0 Å². The summed E-state index contributed by atoms with van der Waals surface area (Å²) < 4.78 is 0. The Hall–Kier alpha value is 0.310. The van der Waals surface area contributed by atoms with Crippen molar-refractivity contribution in [1.29, 1.82) is 0 Å². The molecule has 0 amide bonds. The van der Waals surface area contributed by atoms with Crippen LogP contribution in [-0.2, 0) is 0 Å². The molecule has 1 aliphatic carbocycles. The Kier molecular flexibility index (Phi) is 3.78. The van der Waals surface area contributed by atoms with Gasteiger partial charge in [0.05, 0.1) is 0 Å². The summed E-state index contributed by atoms with van der Waals surface area (Å²) in [6.07, 6.45) is 4.38. The standard InChI is InChI=1S/C12H23NS/c1-9-4-3-5-11(9)6-13-12-8-14-7-10(12)2/h9-13H,3-8H2,1-2H3. The molecule has 1 N–H and O–H groups in total. The first kappa shape index (κ1) is 10.8. The number of nitrogens with one attached hydrogen (secondary N) is 1. The second-order valence-corrected chi connectivity index (χ2v) is 6.27. The average Bonchev–Trinajstić information content (AvgIpc) is 2.72. The number of hydrogen-bond donors (Lipinski definition) is 1. The fourth-order valence-corrected chi connectivity index (χ4v) is 4.19. The zero-order chi connectivity index (χ0) is 9.97. The van der Waals surface area contributed by atoms with Crippen molar-refractivity contribution in [2.75, 3.05) is 18.1 Å². The van der Waals surface area contributed by atoms with Crippen molar-refractivity contribution in [3.05, 3.63) is 0 Å². The van der Waals surface area contributed by atoms with Crippen LogP contribution in [0.15, 0.2) is 0 Å². The lowest BCUT2D eigenvalue weighted by Crippen LogP contribution is -2.37. The summed E-state index contributed by atoms with van der Waals surface area (Å²) in [6, 6.07) is 0.799. The predicted molar refractivity (Wildman–Crippen MR) is 64.8 cm³/mol. The van der Waals surface area contributed by atoms with Crippen LogP contribution in [0.25, 0.3) is 0 Å². The van der Waals surface area contributed by atoms with Crippen LogP contribution in [0.1, 0.15) is 33.1 Å². The monoisotopic (exact) mass is 213 g/mol. The maximum atomic E-state index is 3.78. The van der Waals surface area contributed by atoms with E-state index in [9.17, 15) is 0 Å². The van der Waals surface area contributed by atoms with Gasteiger partial charge in [-0.1, -0.05) is 26.7 Å². The molecule has 1 saturated carbocycles. The molecule has 4 atom stereocenters. The van der Waals surface area contributed by atoms with Crippen LogP contribution in [0.3, 0.4) is 0 Å². The van der Waals surface area contributed by atoms with Crippen molar-refractivity contribution in [3.8, 4) is 0 Å². The Bertz CT molecular complexity index is 163. The third-order valence-electron chi connectivity index (χ3n) is 4.05. The highest BCUT2D eigenvalue weighted by molar-refractivity contribution is 7.99. The molecule has 1 nitrogen and oxygen atoms in total. The fraction of sp³-hybridized carbons (Fsp3) is 1.00. The highest BCUT2D eigenvalue weighted by Crippen LogP contribution is 2.31. The van der Waals surface area contributed by atoms with Crippen LogP contribution in [0, 0.1) is 17.8 Å². The molecule has 0 radical (unpaired) electrons. The zero-order valence-electron chi connectivity index (χ0n) is 9.46. The van der Waals surface area contributed by atoms with Gasteiger partial charge < -0.3 is 5.32 Å². The highest BCUT2D eigenvalue weighted by atomic mass is 32.2. The molecule has 82 valence electrons. The number of thioether (sulfide) groups is 1. The molecule has 1 aliphatic heterocycles. The summed E-state index contributed by atoms with van der Waals surface area (Å²) in [5.41, 5.74) is 0. The SMILES string of the molecule is CC1CCCC1CNC1CSCC1C. The molecular formula is C12H23NS. The van der Waals surface area contributed by atoms with E-state index < -0.39 is 0 Å². The summed E-state index contributed by atoms with van der Waals surface area (Å²) in [7, 11) is 0. The van der Waals surface area contributed by atoms with E-state index >= 15 is 0 Å². The Balaban J connectivity index is 1.71. The van der Waals surface area contributed by atoms with Gasteiger partial charge in [-0.2, -0.15) is 11.8 Å². The van der Waals surface area contributed by atoms with Crippen LogP contribution < -0.4 is 5.32 Å². The maximum Gasteiger partial charge on any atom is 0.0191 e. The minimum absolute atomic E-state index is 0.799. The van der Waals surface area contributed by atoms with Crippen molar-refractivity contribution in [2.24, 2.45) is 17.8 Å². The van der Waals surface area contributed by atoms with Gasteiger partial charge in [-0.05, 0) is 36.5 Å². The first-order valence-electron chi connectivity index (χ1n) is 6.08. The molecule has 2 rings (SSSR count). The molecule has 2 aliphatic rings. The summed E-state index contributed by atoms with van der Waals surface area (Å²) in [5, 5.41) is 3.78. The topological polar surface area (TPSA) is 12.0 Å². The van der Waals surface area contributed by atoms with E-state index in [-0.39, 0.29) is 0 Å². The van der Waals surface area contributed by atoms with Gasteiger partial charge in [0.2, 0.25) is 0 Å². The smallest absolute Gasteiger partial charge is 0.0191 e. The van der Waals surface area contributed by atoms with Crippen LogP contribution in [0.4, 0.5) is 0 Å². The second-order valence-electron chi connectivity index (χ2n) is 5.20. The minimum atomic E-state index is 0.799. The summed E-state index contributed by atoms with van der Waals surface area (Å²) in [5.74, 6) is 5.51. The van der Waals surface area contributed by atoms with Crippen LogP contribution in [-0.4, -0.2) is 24.1 Å². The van der Waals surface area contributed by atoms with Crippen molar-refractivity contribution in [1.82, 2.24) is 5.32 Å². The lowest BCUT2D eigenvalue weighted by atomic mass is 9.97. The molecule has 0 aromatic rings. The van der Waals surface area contributed by atoms with E-state index in [1.807, 2.05) is 0 Å². The van der Waals surface area contributed by atoms with Crippen LogP contribution >= 0.6 is 11.8 Å². The van der Waals surface area contributed by atoms with E-state index in [0.29, 0.717) is 0 Å². The van der Waals surface area contributed by atoms with E-state index in [1.165, 1.54) is 37.3 Å². The quantitative estimate of drug-likeness (QED) is 0.773. The van der Waals surface area contributed by atoms with Gasteiger partial charge >= 0.3 is 0 Å². The summed E-state index contributed by atoms with van der Waals surface area (Å²) in [4.78, 5) is 0. The summed E-state index contributed by atoms with van der Waals surface area (Å²) >= 11 is 2.11. The van der Waals surface area contributed by atoms with Crippen molar-refractivity contribution in [2.45, 2.75) is 39.2 Å². The van der Waals surface area contributed by atoms with Crippen molar-refractivity contribution in [3.63, 3.8) is 0 Å². The third-order valence-corrected chi connectivity index (χ3v) is 5.40. The molecule has 4 unspecified atom stereocenters. The Morgan fingerprint density at radius 2 is 2.00 bits per heavy atom. The Labute approximate surface area is 92.4 Å². The fourth-order valence-electron chi connectivity index (χ4n) is 2.75. The first-order valence-corrected chi connectivity index (χ1v) is 7.24. The molecule has 14 heavy (non-hydrogen) atoms. The average molecular weight is 213 g/mol. The lowest BCUT2D eigenvalue weighted by molar-refractivity contribution is 0.351. The second kappa shape index (κ2) is 4.89. The van der Waals surface area contributed by atoms with Gasteiger partial charge in [0.1, 0.15) is 0 Å². The van der Waals surface area contributed by atoms with Crippen LogP contribution in [0.5, 0.6) is 0 Å². The van der Waals surface area contributed by atoms with Gasteiger partial charge in [-0.3, -0.25) is 0 Å². The molecule has 1 heterocycles. The first-order chi connectivity index (χ1) is 6.77. The van der Waals surface area contributed by atoms with Crippen molar-refractivity contribution < 1.29 is 0 Å². The van der Waals surface area contributed by atoms with Gasteiger partial charge in [0, 0.05) is 11.8 Å². The number of hydrogen-bond acceptors (Lipinski definition) is 2.